The van der Waals surface area contributed by atoms with Gasteiger partial charge in [0.15, 0.2) is 0 Å². The predicted molar refractivity (Wildman–Crippen MR) is 79.1 cm³/mol. The minimum absolute atomic E-state index is 0.437. The number of hydrogen-bond acceptors (Lipinski definition) is 3. The Balaban J connectivity index is 2.11. The van der Waals surface area contributed by atoms with E-state index in [2.05, 4.69) is 57.2 Å². The molecule has 3 heteroatoms. The van der Waals surface area contributed by atoms with Crippen molar-refractivity contribution in [3.05, 3.63) is 16.1 Å². The van der Waals surface area contributed by atoms with Gasteiger partial charge in [-0.2, -0.15) is 0 Å². The van der Waals surface area contributed by atoms with Crippen LogP contribution in [-0.4, -0.2) is 17.6 Å². The maximum Gasteiger partial charge on any atom is 0.0943 e. The van der Waals surface area contributed by atoms with Gasteiger partial charge in [0.25, 0.3) is 0 Å². The molecule has 1 atom stereocenters. The molecule has 1 fully saturated rings. The largest absolute Gasteiger partial charge is 0.314 e. The van der Waals surface area contributed by atoms with Gasteiger partial charge in [-0.05, 0) is 30.2 Å². The molecule has 0 spiro atoms. The second kappa shape index (κ2) is 4.61. The van der Waals surface area contributed by atoms with Crippen LogP contribution in [0.4, 0.5) is 0 Å². The summed E-state index contributed by atoms with van der Waals surface area (Å²) in [7, 11) is 0. The van der Waals surface area contributed by atoms with E-state index in [1.807, 2.05) is 0 Å². The van der Waals surface area contributed by atoms with E-state index >= 15 is 0 Å². The number of rotatable bonds is 5. The van der Waals surface area contributed by atoms with Crippen LogP contribution in [-0.2, 0) is 6.42 Å². The molecule has 1 aromatic rings. The van der Waals surface area contributed by atoms with Crippen LogP contribution < -0.4 is 5.32 Å². The first kappa shape index (κ1) is 14.0. The van der Waals surface area contributed by atoms with Crippen molar-refractivity contribution in [3.63, 3.8) is 0 Å². The van der Waals surface area contributed by atoms with Crippen LogP contribution in [0.2, 0.25) is 0 Å². The van der Waals surface area contributed by atoms with Gasteiger partial charge in [0, 0.05) is 23.5 Å². The van der Waals surface area contributed by atoms with E-state index in [0.717, 1.165) is 24.6 Å². The van der Waals surface area contributed by atoms with Crippen LogP contribution in [0.3, 0.4) is 0 Å². The molecule has 1 aliphatic rings. The number of nitrogens with zero attached hydrogens (tertiary/aromatic N) is 1. The summed E-state index contributed by atoms with van der Waals surface area (Å²) in [4.78, 5) is 4.62. The van der Waals surface area contributed by atoms with E-state index in [1.54, 1.807) is 11.3 Å². The van der Waals surface area contributed by atoms with E-state index in [0.29, 0.717) is 16.9 Å². The standard InChI is InChI=1S/C15H26N2S/c1-7-16-11(8-12-17-10(2)9-18-12)13-14(3,4)15(13,5)6/h9,11,13,16H,7-8H2,1-6H3. The van der Waals surface area contributed by atoms with E-state index in [9.17, 15) is 0 Å². The van der Waals surface area contributed by atoms with Crippen LogP contribution in [0.15, 0.2) is 5.38 Å². The van der Waals surface area contributed by atoms with Gasteiger partial charge < -0.3 is 5.32 Å². The van der Waals surface area contributed by atoms with Crippen LogP contribution >= 0.6 is 11.3 Å². The van der Waals surface area contributed by atoms with Crippen LogP contribution in [0.5, 0.6) is 0 Å². The minimum Gasteiger partial charge on any atom is -0.314 e. The third-order valence-corrected chi connectivity index (χ3v) is 6.05. The molecule has 0 radical (unpaired) electrons. The Morgan fingerprint density at radius 1 is 1.33 bits per heavy atom. The highest BCUT2D eigenvalue weighted by Gasteiger charge is 2.66. The molecular weight excluding hydrogens is 240 g/mol. The summed E-state index contributed by atoms with van der Waals surface area (Å²) in [6.07, 6.45) is 1.07. The summed E-state index contributed by atoms with van der Waals surface area (Å²) >= 11 is 1.80. The van der Waals surface area contributed by atoms with E-state index < -0.39 is 0 Å². The van der Waals surface area contributed by atoms with Gasteiger partial charge in [-0.15, -0.1) is 11.3 Å². The topological polar surface area (TPSA) is 24.9 Å². The van der Waals surface area contributed by atoms with Gasteiger partial charge in [-0.3, -0.25) is 0 Å². The predicted octanol–water partition coefficient (Wildman–Crippen LogP) is 3.65. The Bertz CT molecular complexity index is 406. The van der Waals surface area contributed by atoms with Crippen molar-refractivity contribution in [1.82, 2.24) is 10.3 Å². The monoisotopic (exact) mass is 266 g/mol. The maximum absolute atomic E-state index is 4.62. The summed E-state index contributed by atoms with van der Waals surface area (Å²) in [5.74, 6) is 0.745. The fourth-order valence-electron chi connectivity index (χ4n) is 3.51. The number of aromatic nitrogens is 1. The molecule has 1 unspecified atom stereocenters. The summed E-state index contributed by atoms with van der Waals surface area (Å²) < 4.78 is 0. The zero-order chi connectivity index (χ0) is 13.6. The molecular formula is C15H26N2S. The van der Waals surface area contributed by atoms with Gasteiger partial charge in [-0.25, -0.2) is 4.98 Å². The van der Waals surface area contributed by atoms with Crippen molar-refractivity contribution < 1.29 is 0 Å². The number of thiazole rings is 1. The van der Waals surface area contributed by atoms with Gasteiger partial charge >= 0.3 is 0 Å². The Kier molecular flexibility index (Phi) is 3.58. The van der Waals surface area contributed by atoms with Crippen molar-refractivity contribution in [2.24, 2.45) is 16.7 Å². The zero-order valence-electron chi connectivity index (χ0n) is 12.5. The summed E-state index contributed by atoms with van der Waals surface area (Å²) in [6.45, 7) is 14.9. The molecule has 1 aliphatic carbocycles. The molecule has 0 bridgehead atoms. The highest BCUT2D eigenvalue weighted by atomic mass is 32.1. The SMILES string of the molecule is CCNC(Cc1nc(C)cs1)C1C(C)(C)C1(C)C. The molecule has 2 rings (SSSR count). The van der Waals surface area contributed by atoms with Crippen molar-refractivity contribution in [1.29, 1.82) is 0 Å². The second-order valence-corrected chi connectivity index (χ2v) is 7.61. The Labute approximate surface area is 115 Å². The molecule has 1 heterocycles. The number of likely N-dealkylation sites (N-methyl/N-ethyl adjacent to an activating group) is 1. The van der Waals surface area contributed by atoms with Gasteiger partial charge in [0.05, 0.1) is 5.01 Å². The van der Waals surface area contributed by atoms with Crippen LogP contribution in [0.25, 0.3) is 0 Å². The number of aryl methyl sites for hydroxylation is 1. The lowest BCUT2D eigenvalue weighted by Gasteiger charge is -2.19. The minimum atomic E-state index is 0.437. The molecule has 18 heavy (non-hydrogen) atoms. The maximum atomic E-state index is 4.62. The van der Waals surface area contributed by atoms with Crippen LogP contribution in [0, 0.1) is 23.7 Å². The third-order valence-electron chi connectivity index (χ3n) is 5.06. The first-order valence-electron chi connectivity index (χ1n) is 6.95. The second-order valence-electron chi connectivity index (χ2n) is 6.67. The smallest absolute Gasteiger partial charge is 0.0943 e. The fraction of sp³-hybridized carbons (Fsp3) is 0.800. The molecule has 0 amide bonds. The molecule has 0 saturated heterocycles. The first-order chi connectivity index (χ1) is 8.30. The van der Waals surface area contributed by atoms with Crippen LogP contribution in [0.1, 0.15) is 45.3 Å². The quantitative estimate of drug-likeness (QED) is 0.880. The molecule has 0 aliphatic heterocycles. The lowest BCUT2D eigenvalue weighted by atomic mass is 10.0. The molecule has 1 saturated carbocycles. The first-order valence-corrected chi connectivity index (χ1v) is 7.83. The third kappa shape index (κ3) is 2.23. The molecule has 2 nitrogen and oxygen atoms in total. The summed E-state index contributed by atoms with van der Waals surface area (Å²) in [5.41, 5.74) is 2.03. The highest BCUT2D eigenvalue weighted by Crippen LogP contribution is 2.69. The Morgan fingerprint density at radius 2 is 1.94 bits per heavy atom. The normalized spacial score (nSPS) is 23.0. The number of hydrogen-bond donors (Lipinski definition) is 1. The highest BCUT2D eigenvalue weighted by molar-refractivity contribution is 7.09. The van der Waals surface area contributed by atoms with Gasteiger partial charge in [0.2, 0.25) is 0 Å². The Hall–Kier alpha value is -0.410. The number of nitrogens with one attached hydrogen (secondary N) is 1. The molecule has 1 aromatic heterocycles. The van der Waals surface area contributed by atoms with Gasteiger partial charge in [-0.1, -0.05) is 34.6 Å². The van der Waals surface area contributed by atoms with Crippen molar-refractivity contribution in [3.8, 4) is 0 Å². The average molecular weight is 266 g/mol. The molecule has 102 valence electrons. The average Bonchev–Trinajstić information content (AvgIpc) is 2.58. The van der Waals surface area contributed by atoms with Crippen molar-refractivity contribution >= 4 is 11.3 Å². The summed E-state index contributed by atoms with van der Waals surface area (Å²) in [5, 5.41) is 7.11. The van der Waals surface area contributed by atoms with E-state index in [1.165, 1.54) is 5.01 Å². The van der Waals surface area contributed by atoms with E-state index in [-0.39, 0.29) is 0 Å². The Morgan fingerprint density at radius 3 is 2.33 bits per heavy atom. The summed E-state index contributed by atoms with van der Waals surface area (Å²) in [6, 6.07) is 0.561. The van der Waals surface area contributed by atoms with Crippen molar-refractivity contribution in [2.75, 3.05) is 6.54 Å². The lowest BCUT2D eigenvalue weighted by Crippen LogP contribution is -2.35. The fourth-order valence-corrected chi connectivity index (χ4v) is 4.34. The van der Waals surface area contributed by atoms with Crippen molar-refractivity contribution in [2.45, 2.75) is 54.0 Å². The van der Waals surface area contributed by atoms with Gasteiger partial charge in [0.1, 0.15) is 0 Å². The van der Waals surface area contributed by atoms with E-state index in [4.69, 9.17) is 0 Å². The molecule has 1 N–H and O–H groups in total. The zero-order valence-corrected chi connectivity index (χ0v) is 13.3. The lowest BCUT2D eigenvalue weighted by molar-refractivity contribution is 0.402. The molecule has 0 aromatic carbocycles.